The lowest BCUT2D eigenvalue weighted by atomic mass is 10.2. The average Bonchev–Trinajstić information content (AvgIpc) is 1.83. The predicted octanol–water partition coefficient (Wildman–Crippen LogP) is 0.0578. The summed E-state index contributed by atoms with van der Waals surface area (Å²) in [6.07, 6.45) is 0. The second-order valence-electron chi connectivity index (χ2n) is 2.74. The van der Waals surface area contributed by atoms with Crippen LogP contribution in [-0.2, 0) is 0 Å². The Morgan fingerprint density at radius 3 is 2.11 bits per heavy atom. The van der Waals surface area contributed by atoms with E-state index in [1.165, 1.54) is 5.06 Å². The predicted molar refractivity (Wildman–Crippen MR) is 35.4 cm³/mol. The van der Waals surface area contributed by atoms with E-state index in [-0.39, 0.29) is 12.1 Å². The summed E-state index contributed by atoms with van der Waals surface area (Å²) >= 11 is 0. The summed E-state index contributed by atoms with van der Waals surface area (Å²) in [5.74, 6) is 0. The van der Waals surface area contributed by atoms with Gasteiger partial charge in [0.2, 0.25) is 0 Å². The average molecular weight is 130 g/mol. The molecule has 1 aliphatic rings. The Bertz CT molecular complexity index is 87.1. The summed E-state index contributed by atoms with van der Waals surface area (Å²) in [7, 11) is 0. The Hall–Kier alpha value is -0.120. The van der Waals surface area contributed by atoms with Crippen molar-refractivity contribution in [2.24, 2.45) is 0 Å². The van der Waals surface area contributed by atoms with Crippen molar-refractivity contribution in [2.75, 3.05) is 13.1 Å². The standard InChI is InChI=1S/C6H14N2O/c1-5-3-7-4-6(2)8(5)9/h5-7,9H,3-4H2,1-2H3. The number of hydrogen-bond donors (Lipinski definition) is 2. The Balaban J connectivity index is 2.41. The molecule has 0 aromatic heterocycles. The van der Waals surface area contributed by atoms with Gasteiger partial charge in [-0.05, 0) is 13.8 Å². The lowest BCUT2D eigenvalue weighted by Gasteiger charge is -2.33. The van der Waals surface area contributed by atoms with E-state index in [2.05, 4.69) is 5.32 Å². The van der Waals surface area contributed by atoms with E-state index in [4.69, 9.17) is 0 Å². The Kier molecular flexibility index (Phi) is 2.05. The smallest absolute Gasteiger partial charge is 0.0450 e. The van der Waals surface area contributed by atoms with Gasteiger partial charge in [0.15, 0.2) is 0 Å². The molecule has 1 aliphatic heterocycles. The summed E-state index contributed by atoms with van der Waals surface area (Å²) in [4.78, 5) is 0. The number of rotatable bonds is 0. The fourth-order valence-electron chi connectivity index (χ4n) is 1.12. The van der Waals surface area contributed by atoms with Gasteiger partial charge >= 0.3 is 0 Å². The molecule has 3 nitrogen and oxygen atoms in total. The van der Waals surface area contributed by atoms with E-state index >= 15 is 0 Å². The highest BCUT2D eigenvalue weighted by Gasteiger charge is 2.21. The highest BCUT2D eigenvalue weighted by atomic mass is 16.5. The number of nitrogens with one attached hydrogen (secondary N) is 1. The molecule has 9 heavy (non-hydrogen) atoms. The minimum absolute atomic E-state index is 0.258. The third-order valence-electron chi connectivity index (χ3n) is 1.78. The van der Waals surface area contributed by atoms with Gasteiger partial charge in [-0.1, -0.05) is 0 Å². The second-order valence-corrected chi connectivity index (χ2v) is 2.74. The van der Waals surface area contributed by atoms with Crippen molar-refractivity contribution in [3.05, 3.63) is 0 Å². The molecule has 1 heterocycles. The first-order valence-electron chi connectivity index (χ1n) is 3.39. The topological polar surface area (TPSA) is 35.5 Å². The van der Waals surface area contributed by atoms with Crippen molar-refractivity contribution in [1.29, 1.82) is 0 Å². The van der Waals surface area contributed by atoms with Crippen molar-refractivity contribution in [1.82, 2.24) is 10.4 Å². The number of piperazine rings is 1. The number of hydrogen-bond acceptors (Lipinski definition) is 3. The summed E-state index contributed by atoms with van der Waals surface area (Å²) in [5, 5.41) is 13.9. The maximum absolute atomic E-state index is 9.24. The molecule has 2 N–H and O–H groups in total. The molecule has 0 radical (unpaired) electrons. The van der Waals surface area contributed by atoms with E-state index in [1.54, 1.807) is 0 Å². The lowest BCUT2D eigenvalue weighted by molar-refractivity contribution is -0.160. The van der Waals surface area contributed by atoms with Crippen LogP contribution in [0.15, 0.2) is 0 Å². The van der Waals surface area contributed by atoms with Gasteiger partial charge in [-0.2, -0.15) is 5.06 Å². The van der Waals surface area contributed by atoms with Crippen LogP contribution in [0.25, 0.3) is 0 Å². The molecular formula is C6H14N2O. The molecule has 0 aromatic rings. The zero-order valence-electron chi connectivity index (χ0n) is 5.96. The van der Waals surface area contributed by atoms with Gasteiger partial charge in [0.25, 0.3) is 0 Å². The first kappa shape index (κ1) is 6.99. The summed E-state index contributed by atoms with van der Waals surface area (Å²) in [5.41, 5.74) is 0. The second kappa shape index (κ2) is 2.64. The highest BCUT2D eigenvalue weighted by molar-refractivity contribution is 4.75. The third kappa shape index (κ3) is 1.41. The Morgan fingerprint density at radius 1 is 1.33 bits per heavy atom. The van der Waals surface area contributed by atoms with E-state index in [0.29, 0.717) is 0 Å². The molecule has 0 saturated carbocycles. The van der Waals surface area contributed by atoms with Gasteiger partial charge in [-0.3, -0.25) is 0 Å². The molecule has 2 atom stereocenters. The molecule has 2 unspecified atom stereocenters. The minimum atomic E-state index is 0.258. The molecule has 1 saturated heterocycles. The molecule has 0 aromatic carbocycles. The molecule has 1 rings (SSSR count). The monoisotopic (exact) mass is 130 g/mol. The van der Waals surface area contributed by atoms with Crippen molar-refractivity contribution in [3.8, 4) is 0 Å². The fraction of sp³-hybridized carbons (Fsp3) is 1.00. The van der Waals surface area contributed by atoms with Crippen LogP contribution in [0.3, 0.4) is 0 Å². The van der Waals surface area contributed by atoms with Crippen molar-refractivity contribution in [3.63, 3.8) is 0 Å². The van der Waals surface area contributed by atoms with Gasteiger partial charge in [-0.15, -0.1) is 0 Å². The molecule has 0 spiro atoms. The third-order valence-corrected chi connectivity index (χ3v) is 1.78. The molecule has 3 heteroatoms. The number of hydroxylamine groups is 2. The summed E-state index contributed by atoms with van der Waals surface area (Å²) < 4.78 is 0. The van der Waals surface area contributed by atoms with E-state index in [9.17, 15) is 5.21 Å². The van der Waals surface area contributed by atoms with Crippen LogP contribution in [0.4, 0.5) is 0 Å². The van der Waals surface area contributed by atoms with Crippen molar-refractivity contribution < 1.29 is 5.21 Å². The van der Waals surface area contributed by atoms with Crippen LogP contribution in [0, 0.1) is 0 Å². The van der Waals surface area contributed by atoms with Crippen molar-refractivity contribution >= 4 is 0 Å². The number of nitrogens with zero attached hydrogens (tertiary/aromatic N) is 1. The minimum Gasteiger partial charge on any atom is -0.313 e. The van der Waals surface area contributed by atoms with Gasteiger partial charge in [0, 0.05) is 25.2 Å². The maximum Gasteiger partial charge on any atom is 0.0450 e. The Labute approximate surface area is 55.6 Å². The first-order valence-corrected chi connectivity index (χ1v) is 3.39. The van der Waals surface area contributed by atoms with Gasteiger partial charge in [0.05, 0.1) is 0 Å². The van der Waals surface area contributed by atoms with Crippen LogP contribution in [-0.4, -0.2) is 35.4 Å². The molecule has 0 aliphatic carbocycles. The normalized spacial score (nSPS) is 39.0. The molecule has 1 fully saturated rings. The van der Waals surface area contributed by atoms with E-state index in [1.807, 2.05) is 13.8 Å². The van der Waals surface area contributed by atoms with Crippen LogP contribution in [0.1, 0.15) is 13.8 Å². The molecule has 54 valence electrons. The lowest BCUT2D eigenvalue weighted by Crippen LogP contribution is -2.53. The SMILES string of the molecule is CC1CNCC(C)N1O. The van der Waals surface area contributed by atoms with E-state index in [0.717, 1.165) is 13.1 Å². The quantitative estimate of drug-likeness (QED) is 0.486. The van der Waals surface area contributed by atoms with Crippen LogP contribution >= 0.6 is 0 Å². The van der Waals surface area contributed by atoms with Gasteiger partial charge in [-0.25, -0.2) is 0 Å². The van der Waals surface area contributed by atoms with Crippen molar-refractivity contribution in [2.45, 2.75) is 25.9 Å². The molecular weight excluding hydrogens is 116 g/mol. The maximum atomic E-state index is 9.24. The first-order chi connectivity index (χ1) is 4.22. The van der Waals surface area contributed by atoms with E-state index < -0.39 is 0 Å². The fourth-order valence-corrected chi connectivity index (χ4v) is 1.12. The van der Waals surface area contributed by atoms with Gasteiger partial charge < -0.3 is 10.5 Å². The summed E-state index contributed by atoms with van der Waals surface area (Å²) in [6, 6.07) is 0.516. The van der Waals surface area contributed by atoms with Crippen LogP contribution in [0.5, 0.6) is 0 Å². The molecule has 0 bridgehead atoms. The zero-order valence-corrected chi connectivity index (χ0v) is 5.96. The van der Waals surface area contributed by atoms with Gasteiger partial charge in [0.1, 0.15) is 0 Å². The van der Waals surface area contributed by atoms with Crippen LogP contribution < -0.4 is 5.32 Å². The largest absolute Gasteiger partial charge is 0.313 e. The zero-order chi connectivity index (χ0) is 6.85. The summed E-state index contributed by atoms with van der Waals surface area (Å²) in [6.45, 7) is 5.78. The Morgan fingerprint density at radius 2 is 1.78 bits per heavy atom. The van der Waals surface area contributed by atoms with Crippen LogP contribution in [0.2, 0.25) is 0 Å². The highest BCUT2D eigenvalue weighted by Crippen LogP contribution is 2.04. The molecule has 0 amide bonds.